The van der Waals surface area contributed by atoms with Gasteiger partial charge in [0.2, 0.25) is 5.91 Å². The topological polar surface area (TPSA) is 63.1 Å². The normalized spacial score (nSPS) is 12.3. The number of imidazole rings is 1. The van der Waals surface area contributed by atoms with Gasteiger partial charge in [-0.25, -0.2) is 18.7 Å². The molecule has 0 aliphatic rings. The van der Waals surface area contributed by atoms with E-state index in [1.54, 1.807) is 18.3 Å². The number of amides is 1. The van der Waals surface area contributed by atoms with Gasteiger partial charge in [0.05, 0.1) is 12.6 Å². The molecular formula is C31H37F2N5O. The number of hydrogen-bond acceptors (Lipinski definition) is 4. The van der Waals surface area contributed by atoms with Crippen molar-refractivity contribution < 1.29 is 13.6 Å². The van der Waals surface area contributed by atoms with Gasteiger partial charge in [0.1, 0.15) is 11.3 Å². The van der Waals surface area contributed by atoms with Crippen LogP contribution in [-0.2, 0) is 24.3 Å². The average Bonchev–Trinajstić information content (AvgIpc) is 3.27. The molecule has 1 unspecified atom stereocenters. The lowest BCUT2D eigenvalue weighted by Gasteiger charge is -2.21. The molecule has 0 spiro atoms. The molecule has 206 valence electrons. The second-order valence-corrected chi connectivity index (χ2v) is 10.0. The van der Waals surface area contributed by atoms with E-state index in [0.29, 0.717) is 29.0 Å². The molecule has 0 bridgehead atoms. The number of aromatic nitrogens is 3. The molecule has 0 fully saturated rings. The lowest BCUT2D eigenvalue weighted by Crippen LogP contribution is -2.27. The van der Waals surface area contributed by atoms with Crippen LogP contribution in [0.15, 0.2) is 60.8 Å². The van der Waals surface area contributed by atoms with Crippen LogP contribution in [0.25, 0.3) is 11.2 Å². The number of aryl methyl sites for hydroxylation is 1. The molecule has 39 heavy (non-hydrogen) atoms. The van der Waals surface area contributed by atoms with Crippen LogP contribution in [0.5, 0.6) is 0 Å². The Morgan fingerprint density at radius 2 is 1.72 bits per heavy atom. The highest BCUT2D eigenvalue weighted by Crippen LogP contribution is 2.19. The summed E-state index contributed by atoms with van der Waals surface area (Å²) in [5.41, 5.74) is 4.25. The van der Waals surface area contributed by atoms with Crippen molar-refractivity contribution in [3.8, 4) is 0 Å². The summed E-state index contributed by atoms with van der Waals surface area (Å²) < 4.78 is 29.1. The summed E-state index contributed by atoms with van der Waals surface area (Å²) in [4.78, 5) is 24.4. The van der Waals surface area contributed by atoms with Gasteiger partial charge < -0.3 is 9.88 Å². The zero-order chi connectivity index (χ0) is 27.8. The third-order valence-corrected chi connectivity index (χ3v) is 6.83. The molecule has 0 saturated heterocycles. The van der Waals surface area contributed by atoms with E-state index in [1.807, 2.05) is 17.6 Å². The number of halogens is 2. The van der Waals surface area contributed by atoms with Gasteiger partial charge in [0, 0.05) is 25.6 Å². The Labute approximate surface area is 229 Å². The van der Waals surface area contributed by atoms with Crippen molar-refractivity contribution in [2.45, 2.75) is 65.6 Å². The Kier molecular flexibility index (Phi) is 9.76. The number of nitrogens with zero attached hydrogens (tertiary/aromatic N) is 4. The molecule has 4 aromatic rings. The van der Waals surface area contributed by atoms with Crippen LogP contribution in [0.3, 0.4) is 0 Å². The van der Waals surface area contributed by atoms with Crippen LogP contribution >= 0.6 is 0 Å². The molecule has 0 radical (unpaired) electrons. The fraction of sp³-hybridized carbons (Fsp3) is 0.387. The summed E-state index contributed by atoms with van der Waals surface area (Å²) in [7, 11) is 0. The Bertz CT molecular complexity index is 1380. The van der Waals surface area contributed by atoms with Crippen LogP contribution in [0.1, 0.15) is 68.6 Å². The molecule has 2 heterocycles. The van der Waals surface area contributed by atoms with Crippen molar-refractivity contribution >= 4 is 17.1 Å². The van der Waals surface area contributed by atoms with E-state index in [4.69, 9.17) is 0 Å². The van der Waals surface area contributed by atoms with E-state index in [1.165, 1.54) is 11.6 Å². The van der Waals surface area contributed by atoms with Crippen LogP contribution in [0.4, 0.5) is 8.78 Å². The van der Waals surface area contributed by atoms with Gasteiger partial charge in [-0.05, 0) is 73.8 Å². The zero-order valence-corrected chi connectivity index (χ0v) is 23.0. The minimum absolute atomic E-state index is 0.0805. The summed E-state index contributed by atoms with van der Waals surface area (Å²) in [6.45, 7) is 9.78. The van der Waals surface area contributed by atoms with Crippen molar-refractivity contribution in [3.63, 3.8) is 0 Å². The van der Waals surface area contributed by atoms with Gasteiger partial charge >= 0.3 is 0 Å². The first-order valence-corrected chi connectivity index (χ1v) is 13.7. The Morgan fingerprint density at radius 1 is 1.00 bits per heavy atom. The quantitative estimate of drug-likeness (QED) is 0.223. The van der Waals surface area contributed by atoms with Crippen molar-refractivity contribution in [3.05, 3.63) is 94.9 Å². The highest BCUT2D eigenvalue weighted by atomic mass is 19.2. The van der Waals surface area contributed by atoms with Crippen LogP contribution in [-0.4, -0.2) is 38.4 Å². The number of benzene rings is 2. The number of pyridine rings is 1. The Hall–Kier alpha value is -3.65. The maximum atomic E-state index is 13.8. The minimum atomic E-state index is -0.896. The molecule has 8 heteroatoms. The molecule has 4 rings (SSSR count). The van der Waals surface area contributed by atoms with Crippen molar-refractivity contribution in [1.29, 1.82) is 0 Å². The molecule has 1 atom stereocenters. The van der Waals surface area contributed by atoms with E-state index in [2.05, 4.69) is 58.3 Å². The Morgan fingerprint density at radius 3 is 2.41 bits per heavy atom. The minimum Gasteiger partial charge on any atom is -0.350 e. The number of nitrogens with one attached hydrogen (secondary N) is 1. The summed E-state index contributed by atoms with van der Waals surface area (Å²) in [5, 5.41) is 3.09. The van der Waals surface area contributed by atoms with E-state index < -0.39 is 11.6 Å². The number of carbonyl (C=O) groups excluding carboxylic acids is 1. The molecule has 6 nitrogen and oxygen atoms in total. The maximum absolute atomic E-state index is 13.8. The van der Waals surface area contributed by atoms with Crippen molar-refractivity contribution in [1.82, 2.24) is 24.8 Å². The lowest BCUT2D eigenvalue weighted by atomic mass is 10.1. The third kappa shape index (κ3) is 7.47. The van der Waals surface area contributed by atoms with Crippen molar-refractivity contribution in [2.75, 3.05) is 13.1 Å². The number of fused-ring (bicyclic) bond motifs is 1. The number of rotatable bonds is 13. The van der Waals surface area contributed by atoms with Crippen LogP contribution < -0.4 is 5.32 Å². The standard InChI is InChI=1S/C31H37F2N5O/c1-4-17-37(18-5-2)20-23-8-11-25(12-9-23)22(3)35-30(39)15-14-29-36-28-7-6-16-34-31(28)38(29)21-24-10-13-26(32)27(33)19-24/h6-13,16,19,22H,4-5,14-15,17-18,20-21H2,1-3H3,(H,35,39). The fourth-order valence-corrected chi connectivity index (χ4v) is 4.88. The van der Waals surface area contributed by atoms with E-state index in [-0.39, 0.29) is 24.9 Å². The highest BCUT2D eigenvalue weighted by Gasteiger charge is 2.16. The van der Waals surface area contributed by atoms with E-state index in [9.17, 15) is 13.6 Å². The number of hydrogen-bond donors (Lipinski definition) is 1. The summed E-state index contributed by atoms with van der Waals surface area (Å²) in [5.74, 6) is -1.19. The predicted octanol–water partition coefficient (Wildman–Crippen LogP) is 6.19. The van der Waals surface area contributed by atoms with Gasteiger partial charge in [0.15, 0.2) is 17.3 Å². The molecule has 2 aromatic heterocycles. The number of carbonyl (C=O) groups is 1. The zero-order valence-electron chi connectivity index (χ0n) is 23.0. The van der Waals surface area contributed by atoms with Gasteiger partial charge in [-0.3, -0.25) is 9.69 Å². The first kappa shape index (κ1) is 28.4. The van der Waals surface area contributed by atoms with Gasteiger partial charge in [0.25, 0.3) is 0 Å². The van der Waals surface area contributed by atoms with Crippen LogP contribution in [0.2, 0.25) is 0 Å². The fourth-order valence-electron chi connectivity index (χ4n) is 4.88. The molecule has 2 aromatic carbocycles. The van der Waals surface area contributed by atoms with Crippen molar-refractivity contribution in [2.24, 2.45) is 0 Å². The summed E-state index contributed by atoms with van der Waals surface area (Å²) >= 11 is 0. The van der Waals surface area contributed by atoms with Gasteiger partial charge in [-0.15, -0.1) is 0 Å². The SMILES string of the molecule is CCCN(CCC)Cc1ccc(C(C)NC(=O)CCc2nc3cccnc3n2Cc2ccc(F)c(F)c2)cc1. The third-order valence-electron chi connectivity index (χ3n) is 6.83. The molecular weight excluding hydrogens is 496 g/mol. The van der Waals surface area contributed by atoms with Gasteiger partial charge in [-0.1, -0.05) is 44.2 Å². The van der Waals surface area contributed by atoms with E-state index >= 15 is 0 Å². The van der Waals surface area contributed by atoms with Gasteiger partial charge in [-0.2, -0.15) is 0 Å². The highest BCUT2D eigenvalue weighted by molar-refractivity contribution is 5.77. The van der Waals surface area contributed by atoms with E-state index in [0.717, 1.165) is 44.1 Å². The summed E-state index contributed by atoms with van der Waals surface area (Å²) in [6.07, 6.45) is 4.58. The monoisotopic (exact) mass is 533 g/mol. The Balaban J connectivity index is 1.38. The second kappa shape index (κ2) is 13.4. The lowest BCUT2D eigenvalue weighted by molar-refractivity contribution is -0.121. The maximum Gasteiger partial charge on any atom is 0.220 e. The average molecular weight is 534 g/mol. The largest absolute Gasteiger partial charge is 0.350 e. The predicted molar refractivity (Wildman–Crippen MR) is 150 cm³/mol. The summed E-state index contributed by atoms with van der Waals surface area (Å²) in [6, 6.07) is 15.8. The first-order chi connectivity index (χ1) is 18.9. The molecule has 0 aliphatic heterocycles. The first-order valence-electron chi connectivity index (χ1n) is 13.7. The molecule has 0 saturated carbocycles. The molecule has 0 aliphatic carbocycles. The molecule has 1 N–H and O–H groups in total. The second-order valence-electron chi connectivity index (χ2n) is 10.0. The smallest absolute Gasteiger partial charge is 0.220 e. The van der Waals surface area contributed by atoms with Crippen LogP contribution in [0, 0.1) is 11.6 Å². The molecule has 1 amide bonds.